The number of ether oxygens (including phenoxy) is 1. The molecule has 3 nitrogen and oxygen atoms in total. The lowest BCUT2D eigenvalue weighted by Crippen LogP contribution is -2.56. The monoisotopic (exact) mass is 544 g/mol. The molecule has 3 aromatic carbocycles. The van der Waals surface area contributed by atoms with Crippen LogP contribution in [-0.4, -0.2) is 16.1 Å². The van der Waals surface area contributed by atoms with Crippen LogP contribution in [0.2, 0.25) is 0 Å². The Morgan fingerprint density at radius 3 is 1.91 bits per heavy atom. The first kappa shape index (κ1) is 25.6. The highest BCUT2D eigenvalue weighted by Crippen LogP contribution is 2.58. The van der Waals surface area contributed by atoms with Crippen LogP contribution in [0, 0.1) is 0 Å². The molecule has 0 spiro atoms. The molecule has 35 heavy (non-hydrogen) atoms. The predicted molar refractivity (Wildman–Crippen MR) is 137 cm³/mol. The highest BCUT2D eigenvalue weighted by molar-refractivity contribution is 9.10. The van der Waals surface area contributed by atoms with Gasteiger partial charge in [0.1, 0.15) is 11.5 Å². The normalized spacial score (nSPS) is 21.8. The van der Waals surface area contributed by atoms with Gasteiger partial charge in [-0.1, -0.05) is 96.1 Å². The van der Waals surface area contributed by atoms with Crippen LogP contribution >= 0.6 is 15.9 Å². The average Bonchev–Trinajstić information content (AvgIpc) is 2.75. The van der Waals surface area contributed by atoms with Gasteiger partial charge < -0.3 is 14.9 Å². The Morgan fingerprint density at radius 1 is 0.857 bits per heavy atom. The fourth-order valence-corrected chi connectivity index (χ4v) is 5.20. The number of benzene rings is 3. The zero-order chi connectivity index (χ0) is 26.0. The molecule has 186 valence electrons. The summed E-state index contributed by atoms with van der Waals surface area (Å²) in [5.41, 5.74) is 0.661. The number of phenols is 1. The largest absolute Gasteiger partial charge is 0.507 e. The Morgan fingerprint density at radius 2 is 1.40 bits per heavy atom. The number of halogens is 3. The molecule has 1 aliphatic heterocycles. The summed E-state index contributed by atoms with van der Waals surface area (Å²) in [5.74, 6) is -7.91. The first-order valence-corrected chi connectivity index (χ1v) is 12.4. The minimum Gasteiger partial charge on any atom is -0.507 e. The maximum absolute atomic E-state index is 16.6. The summed E-state index contributed by atoms with van der Waals surface area (Å²) in [7, 11) is 0. The lowest BCUT2D eigenvalue weighted by Gasteiger charge is -2.45. The smallest absolute Gasteiger partial charge is 0.327 e. The van der Waals surface area contributed by atoms with Crippen molar-refractivity contribution in [1.82, 2.24) is 0 Å². The number of fused-ring (bicyclic) bond motifs is 1. The third-order valence-electron chi connectivity index (χ3n) is 6.62. The van der Waals surface area contributed by atoms with Crippen LogP contribution in [0.25, 0.3) is 0 Å². The number of alkyl halides is 2. The highest BCUT2D eigenvalue weighted by atomic mass is 79.9. The summed E-state index contributed by atoms with van der Waals surface area (Å²) < 4.78 is 39.4. The fourth-order valence-electron chi connectivity index (χ4n) is 4.74. The van der Waals surface area contributed by atoms with Gasteiger partial charge in [-0.3, -0.25) is 0 Å². The van der Waals surface area contributed by atoms with E-state index in [-0.39, 0.29) is 22.6 Å². The molecule has 0 saturated carbocycles. The maximum Gasteiger partial charge on any atom is 0.327 e. The van der Waals surface area contributed by atoms with Crippen molar-refractivity contribution in [3.05, 3.63) is 93.0 Å². The predicted octanol–water partition coefficient (Wildman–Crippen LogP) is 7.75. The van der Waals surface area contributed by atoms with Crippen molar-refractivity contribution in [3.63, 3.8) is 0 Å². The molecule has 0 amide bonds. The van der Waals surface area contributed by atoms with Crippen LogP contribution in [0.4, 0.5) is 8.78 Å². The standard InChI is InChI=1S/C29H31BrF2O3/c1-26(2,3)20-15-17(16-21(24(20)33)27(4,5)6)23-19-13-10-14-22(30)25(19)35-29(34,28(23,31)32)18-11-8-7-9-12-18/h7-16,23,33-34H,1-6H3. The van der Waals surface area contributed by atoms with Crippen LogP contribution in [0.15, 0.2) is 65.1 Å². The van der Waals surface area contributed by atoms with Crippen LogP contribution in [-0.2, 0) is 16.6 Å². The van der Waals surface area contributed by atoms with Gasteiger partial charge in [0.15, 0.2) is 0 Å². The van der Waals surface area contributed by atoms with Crippen LogP contribution in [0.5, 0.6) is 11.5 Å². The van der Waals surface area contributed by atoms with E-state index < -0.39 is 28.5 Å². The van der Waals surface area contributed by atoms with Crippen molar-refractivity contribution >= 4 is 15.9 Å². The number of aromatic hydroxyl groups is 1. The zero-order valence-electron chi connectivity index (χ0n) is 20.8. The van der Waals surface area contributed by atoms with E-state index in [2.05, 4.69) is 15.9 Å². The van der Waals surface area contributed by atoms with Crippen LogP contribution in [0.3, 0.4) is 0 Å². The van der Waals surface area contributed by atoms with Crippen molar-refractivity contribution in [2.24, 2.45) is 0 Å². The molecular formula is C29H31BrF2O3. The lowest BCUT2D eigenvalue weighted by atomic mass is 9.72. The van der Waals surface area contributed by atoms with E-state index in [1.807, 2.05) is 41.5 Å². The lowest BCUT2D eigenvalue weighted by molar-refractivity contribution is -0.303. The summed E-state index contributed by atoms with van der Waals surface area (Å²) in [6.07, 6.45) is 0. The van der Waals surface area contributed by atoms with Crippen molar-refractivity contribution in [1.29, 1.82) is 0 Å². The number of hydrogen-bond acceptors (Lipinski definition) is 3. The summed E-state index contributed by atoms with van der Waals surface area (Å²) in [6, 6.07) is 16.0. The van der Waals surface area contributed by atoms with E-state index in [0.717, 1.165) is 0 Å². The summed E-state index contributed by atoms with van der Waals surface area (Å²) in [6.45, 7) is 11.6. The van der Waals surface area contributed by atoms with Gasteiger partial charge in [-0.05, 0) is 49.5 Å². The summed E-state index contributed by atoms with van der Waals surface area (Å²) in [4.78, 5) is 0. The van der Waals surface area contributed by atoms with Gasteiger partial charge in [0.2, 0.25) is 0 Å². The van der Waals surface area contributed by atoms with E-state index in [0.29, 0.717) is 21.2 Å². The zero-order valence-corrected chi connectivity index (χ0v) is 22.4. The molecule has 0 aliphatic carbocycles. The van der Waals surface area contributed by atoms with Gasteiger partial charge >= 0.3 is 11.7 Å². The molecule has 0 bridgehead atoms. The Balaban J connectivity index is 2.08. The molecule has 2 atom stereocenters. The molecule has 2 unspecified atom stereocenters. The number of aliphatic hydroxyl groups is 1. The quantitative estimate of drug-likeness (QED) is 0.346. The van der Waals surface area contributed by atoms with Crippen molar-refractivity contribution in [2.45, 2.75) is 70.0 Å². The van der Waals surface area contributed by atoms with Gasteiger partial charge in [-0.25, -0.2) is 0 Å². The van der Waals surface area contributed by atoms with E-state index in [1.165, 1.54) is 12.1 Å². The van der Waals surface area contributed by atoms with Crippen molar-refractivity contribution in [3.8, 4) is 11.5 Å². The van der Waals surface area contributed by atoms with Gasteiger partial charge in [0.05, 0.1) is 10.4 Å². The number of para-hydroxylation sites is 1. The van der Waals surface area contributed by atoms with Gasteiger partial charge in [0.25, 0.3) is 0 Å². The Bertz CT molecular complexity index is 1220. The fraction of sp³-hybridized carbons (Fsp3) is 0.379. The maximum atomic E-state index is 16.6. The number of hydrogen-bond donors (Lipinski definition) is 2. The molecule has 2 N–H and O–H groups in total. The van der Waals surface area contributed by atoms with E-state index in [1.54, 1.807) is 48.5 Å². The average molecular weight is 545 g/mol. The highest BCUT2D eigenvalue weighted by Gasteiger charge is 2.65. The molecule has 0 aromatic heterocycles. The van der Waals surface area contributed by atoms with Crippen molar-refractivity contribution in [2.75, 3.05) is 0 Å². The molecule has 4 rings (SSSR count). The van der Waals surface area contributed by atoms with Gasteiger partial charge in [-0.15, -0.1) is 0 Å². The van der Waals surface area contributed by atoms with E-state index in [4.69, 9.17) is 4.74 Å². The van der Waals surface area contributed by atoms with Gasteiger partial charge in [-0.2, -0.15) is 8.78 Å². The minimum atomic E-state index is -3.75. The van der Waals surface area contributed by atoms with E-state index >= 15 is 8.78 Å². The summed E-state index contributed by atoms with van der Waals surface area (Å²) in [5, 5.41) is 22.7. The molecule has 0 radical (unpaired) electrons. The van der Waals surface area contributed by atoms with Gasteiger partial charge in [0, 0.05) is 11.1 Å². The number of rotatable bonds is 2. The molecule has 0 saturated heterocycles. The second-order valence-electron chi connectivity index (χ2n) is 11.3. The van der Waals surface area contributed by atoms with E-state index in [9.17, 15) is 10.2 Å². The third kappa shape index (κ3) is 4.15. The SMILES string of the molecule is CC(C)(C)c1cc(C2c3cccc(Br)c3OC(O)(c3ccccc3)C2(F)F)cc(C(C)(C)C)c1O. The topological polar surface area (TPSA) is 49.7 Å². The second kappa shape index (κ2) is 8.31. The van der Waals surface area contributed by atoms with Crippen molar-refractivity contribution < 1.29 is 23.7 Å². The molecule has 1 heterocycles. The molecule has 3 aromatic rings. The minimum absolute atomic E-state index is 0.0396. The Labute approximate surface area is 213 Å². The third-order valence-corrected chi connectivity index (χ3v) is 7.24. The Kier molecular flexibility index (Phi) is 6.09. The molecular weight excluding hydrogens is 514 g/mol. The number of phenolic OH excluding ortho intramolecular Hbond substituents is 1. The molecule has 0 fully saturated rings. The second-order valence-corrected chi connectivity index (χ2v) is 12.1. The first-order chi connectivity index (χ1) is 16.1. The summed E-state index contributed by atoms with van der Waals surface area (Å²) >= 11 is 3.43. The van der Waals surface area contributed by atoms with Crippen LogP contribution in [0.1, 0.15) is 75.3 Å². The Hall–Kier alpha value is -2.44. The molecule has 1 aliphatic rings. The van der Waals surface area contributed by atoms with Crippen LogP contribution < -0.4 is 4.74 Å². The molecule has 6 heteroatoms. The first-order valence-electron chi connectivity index (χ1n) is 11.6.